The van der Waals surface area contributed by atoms with Crippen molar-refractivity contribution in [2.24, 2.45) is 5.10 Å². The maximum Gasteiger partial charge on any atom is 0.266 e. The number of para-hydroxylation sites is 2. The highest BCUT2D eigenvalue weighted by Crippen LogP contribution is 2.35. The summed E-state index contributed by atoms with van der Waals surface area (Å²) in [6, 6.07) is 17.5. The highest BCUT2D eigenvalue weighted by molar-refractivity contribution is 8.03. The summed E-state index contributed by atoms with van der Waals surface area (Å²) < 4.78 is 2.03. The van der Waals surface area contributed by atoms with Gasteiger partial charge in [0, 0.05) is 0 Å². The SMILES string of the molecule is CC1=NN(c2ccccc2)C(=O)[C@H]1Sc1nc2ccccc2s1. The maximum absolute atomic E-state index is 12.7. The van der Waals surface area contributed by atoms with Crippen molar-refractivity contribution in [1.29, 1.82) is 0 Å². The van der Waals surface area contributed by atoms with Crippen LogP contribution in [0, 0.1) is 0 Å². The van der Waals surface area contributed by atoms with Crippen LogP contribution in [0.15, 0.2) is 64.0 Å². The third-order valence-corrected chi connectivity index (χ3v) is 6.01. The molecule has 0 N–H and O–H groups in total. The Hall–Kier alpha value is -2.18. The first-order chi connectivity index (χ1) is 11.2. The van der Waals surface area contributed by atoms with Crippen LogP contribution in [0.25, 0.3) is 10.2 Å². The molecule has 23 heavy (non-hydrogen) atoms. The molecule has 0 saturated heterocycles. The Labute approximate surface area is 141 Å². The number of amides is 1. The smallest absolute Gasteiger partial charge is 0.266 e. The minimum absolute atomic E-state index is 0.0158. The number of hydrogen-bond donors (Lipinski definition) is 0. The highest BCUT2D eigenvalue weighted by atomic mass is 32.2. The van der Waals surface area contributed by atoms with Crippen molar-refractivity contribution < 1.29 is 4.79 Å². The van der Waals surface area contributed by atoms with Crippen LogP contribution < -0.4 is 5.01 Å². The third-order valence-electron chi connectivity index (χ3n) is 3.56. The zero-order valence-corrected chi connectivity index (χ0v) is 14.0. The van der Waals surface area contributed by atoms with Crippen molar-refractivity contribution in [2.45, 2.75) is 16.5 Å². The van der Waals surface area contributed by atoms with Crippen LogP contribution in [-0.2, 0) is 4.79 Å². The number of rotatable bonds is 3. The summed E-state index contributed by atoms with van der Waals surface area (Å²) in [6.07, 6.45) is 0. The fourth-order valence-electron chi connectivity index (χ4n) is 2.44. The van der Waals surface area contributed by atoms with Crippen LogP contribution in [0.3, 0.4) is 0 Å². The summed E-state index contributed by atoms with van der Waals surface area (Å²) in [4.78, 5) is 17.3. The van der Waals surface area contributed by atoms with E-state index in [1.165, 1.54) is 16.8 Å². The van der Waals surface area contributed by atoms with Crippen molar-refractivity contribution in [3.05, 3.63) is 54.6 Å². The van der Waals surface area contributed by atoms with Crippen molar-refractivity contribution in [1.82, 2.24) is 4.98 Å². The molecule has 1 aliphatic rings. The zero-order chi connectivity index (χ0) is 15.8. The van der Waals surface area contributed by atoms with Gasteiger partial charge >= 0.3 is 0 Å². The van der Waals surface area contributed by atoms with Gasteiger partial charge in [0.1, 0.15) is 5.25 Å². The summed E-state index contributed by atoms with van der Waals surface area (Å²) in [5.41, 5.74) is 2.58. The number of hydrazone groups is 1. The normalized spacial score (nSPS) is 17.8. The molecule has 114 valence electrons. The first kappa shape index (κ1) is 14.4. The number of carbonyl (C=O) groups is 1. The van der Waals surface area contributed by atoms with Gasteiger partial charge in [0.05, 0.1) is 21.6 Å². The predicted molar refractivity (Wildman–Crippen MR) is 96.3 cm³/mol. The van der Waals surface area contributed by atoms with E-state index in [2.05, 4.69) is 10.1 Å². The molecule has 0 unspecified atom stereocenters. The Kier molecular flexibility index (Phi) is 3.63. The van der Waals surface area contributed by atoms with Crippen molar-refractivity contribution in [3.8, 4) is 0 Å². The largest absolute Gasteiger partial charge is 0.271 e. The van der Waals surface area contributed by atoms with Gasteiger partial charge < -0.3 is 0 Å². The molecule has 3 aromatic rings. The van der Waals surface area contributed by atoms with Crippen LogP contribution >= 0.6 is 23.1 Å². The van der Waals surface area contributed by atoms with Gasteiger partial charge in [-0.25, -0.2) is 4.98 Å². The Morgan fingerprint density at radius 3 is 2.61 bits per heavy atom. The standard InChI is InChI=1S/C17H13N3OS2/c1-11-15(16(21)20(19-11)12-7-3-2-4-8-12)23-17-18-13-9-5-6-10-14(13)22-17/h2-10,15H,1H3/t15-/m0/s1. The monoisotopic (exact) mass is 339 g/mol. The van der Waals surface area contributed by atoms with Gasteiger partial charge in [0.25, 0.3) is 5.91 Å². The average Bonchev–Trinajstić information content (AvgIpc) is 3.11. The Balaban J connectivity index is 1.60. The van der Waals surface area contributed by atoms with E-state index in [1.54, 1.807) is 11.3 Å². The van der Waals surface area contributed by atoms with Gasteiger partial charge in [-0.3, -0.25) is 4.79 Å². The second-order valence-electron chi connectivity index (χ2n) is 5.17. The molecule has 0 radical (unpaired) electrons. The molecule has 6 heteroatoms. The lowest BCUT2D eigenvalue weighted by atomic mass is 10.3. The van der Waals surface area contributed by atoms with Gasteiger partial charge in [-0.15, -0.1) is 11.3 Å². The fraction of sp³-hybridized carbons (Fsp3) is 0.118. The van der Waals surface area contributed by atoms with E-state index in [-0.39, 0.29) is 11.2 Å². The summed E-state index contributed by atoms with van der Waals surface area (Å²) in [6.45, 7) is 1.89. The van der Waals surface area contributed by atoms with Crippen molar-refractivity contribution in [3.63, 3.8) is 0 Å². The Morgan fingerprint density at radius 1 is 1.09 bits per heavy atom. The predicted octanol–water partition coefficient (Wildman–Crippen LogP) is 4.18. The molecule has 4 nitrogen and oxygen atoms in total. The van der Waals surface area contributed by atoms with Crippen LogP contribution in [0.5, 0.6) is 0 Å². The zero-order valence-electron chi connectivity index (χ0n) is 12.3. The summed E-state index contributed by atoms with van der Waals surface area (Å²) in [5, 5.41) is 5.60. The maximum atomic E-state index is 12.7. The number of hydrogen-bond acceptors (Lipinski definition) is 5. The van der Waals surface area contributed by atoms with Gasteiger partial charge in [-0.2, -0.15) is 10.1 Å². The Morgan fingerprint density at radius 2 is 1.83 bits per heavy atom. The number of benzene rings is 2. The summed E-state index contributed by atoms with van der Waals surface area (Å²) in [7, 11) is 0. The van der Waals surface area contributed by atoms with E-state index < -0.39 is 0 Å². The number of anilines is 1. The molecule has 1 aliphatic heterocycles. The molecule has 2 heterocycles. The number of thioether (sulfide) groups is 1. The summed E-state index contributed by atoms with van der Waals surface area (Å²) in [5.74, 6) is -0.0158. The molecule has 0 saturated carbocycles. The molecule has 1 amide bonds. The lowest BCUT2D eigenvalue weighted by molar-refractivity contribution is -0.116. The number of thiazole rings is 1. The van der Waals surface area contributed by atoms with Crippen LogP contribution in [0.2, 0.25) is 0 Å². The lowest BCUT2D eigenvalue weighted by Crippen LogP contribution is -2.28. The molecular formula is C17H13N3OS2. The molecule has 1 atom stereocenters. The number of fused-ring (bicyclic) bond motifs is 1. The van der Waals surface area contributed by atoms with Crippen LogP contribution in [0.1, 0.15) is 6.92 Å². The van der Waals surface area contributed by atoms with Gasteiger partial charge in [-0.1, -0.05) is 42.1 Å². The molecule has 0 bridgehead atoms. The minimum atomic E-state index is -0.309. The molecule has 2 aromatic carbocycles. The number of carbonyl (C=O) groups excluding carboxylic acids is 1. The van der Waals surface area contributed by atoms with E-state index in [1.807, 2.05) is 61.5 Å². The molecular weight excluding hydrogens is 326 g/mol. The van der Waals surface area contributed by atoms with Crippen molar-refractivity contribution >= 4 is 50.6 Å². The second-order valence-corrected chi connectivity index (χ2v) is 7.56. The first-order valence-corrected chi connectivity index (χ1v) is 8.88. The van der Waals surface area contributed by atoms with E-state index in [4.69, 9.17) is 0 Å². The van der Waals surface area contributed by atoms with E-state index in [9.17, 15) is 4.79 Å². The van der Waals surface area contributed by atoms with E-state index in [0.717, 1.165) is 26.0 Å². The number of aromatic nitrogens is 1. The quantitative estimate of drug-likeness (QED) is 0.719. The minimum Gasteiger partial charge on any atom is -0.271 e. The first-order valence-electron chi connectivity index (χ1n) is 7.19. The fourth-order valence-corrected chi connectivity index (χ4v) is 4.66. The molecule has 0 spiro atoms. The topological polar surface area (TPSA) is 45.6 Å². The number of nitrogens with zero attached hydrogens (tertiary/aromatic N) is 3. The highest BCUT2D eigenvalue weighted by Gasteiger charge is 2.35. The van der Waals surface area contributed by atoms with E-state index in [0.29, 0.717) is 0 Å². The molecule has 0 fully saturated rings. The molecule has 1 aromatic heterocycles. The Bertz CT molecular complexity index is 871. The summed E-state index contributed by atoms with van der Waals surface area (Å²) >= 11 is 3.09. The molecule has 0 aliphatic carbocycles. The third kappa shape index (κ3) is 2.64. The molecule has 4 rings (SSSR count). The van der Waals surface area contributed by atoms with Crippen LogP contribution in [0.4, 0.5) is 5.69 Å². The van der Waals surface area contributed by atoms with Gasteiger partial charge in [-0.05, 0) is 31.2 Å². The van der Waals surface area contributed by atoms with Gasteiger partial charge in [0.15, 0.2) is 4.34 Å². The van der Waals surface area contributed by atoms with Crippen LogP contribution in [-0.4, -0.2) is 21.9 Å². The lowest BCUT2D eigenvalue weighted by Gasteiger charge is -2.13. The van der Waals surface area contributed by atoms with E-state index >= 15 is 0 Å². The van der Waals surface area contributed by atoms with Crippen molar-refractivity contribution in [2.75, 3.05) is 5.01 Å². The van der Waals surface area contributed by atoms with Gasteiger partial charge in [0.2, 0.25) is 0 Å². The second kappa shape index (κ2) is 5.79. The average molecular weight is 339 g/mol.